The molecule has 2 aromatic rings. The molecule has 0 saturated heterocycles. The Bertz CT molecular complexity index is 647. The minimum Gasteiger partial charge on any atom is -0.380 e. The van der Waals surface area contributed by atoms with Crippen LogP contribution in [0.15, 0.2) is 40.9 Å². The number of nitriles is 1. The number of anilines is 1. The lowest BCUT2D eigenvalue weighted by atomic mass is 10.1. The Labute approximate surface area is 126 Å². The largest absolute Gasteiger partial charge is 0.380 e. The van der Waals surface area contributed by atoms with Crippen LogP contribution in [0, 0.1) is 18.3 Å². The summed E-state index contributed by atoms with van der Waals surface area (Å²) < 4.78 is 0.957. The van der Waals surface area contributed by atoms with Gasteiger partial charge in [0.05, 0.1) is 11.3 Å². The van der Waals surface area contributed by atoms with Gasteiger partial charge in [-0.05, 0) is 36.2 Å². The quantitative estimate of drug-likeness (QED) is 0.866. The van der Waals surface area contributed by atoms with Crippen molar-refractivity contribution >= 4 is 33.2 Å². The van der Waals surface area contributed by atoms with Crippen molar-refractivity contribution in [2.45, 2.75) is 13.5 Å². The summed E-state index contributed by atoms with van der Waals surface area (Å²) in [6.07, 6.45) is 0. The van der Waals surface area contributed by atoms with Crippen LogP contribution in [0.1, 0.15) is 16.7 Å². The lowest BCUT2D eigenvalue weighted by Gasteiger charge is -2.11. The van der Waals surface area contributed by atoms with Crippen LogP contribution >= 0.6 is 27.5 Å². The van der Waals surface area contributed by atoms with Crippen molar-refractivity contribution < 1.29 is 0 Å². The smallest absolute Gasteiger partial charge is 0.102 e. The lowest BCUT2D eigenvalue weighted by Crippen LogP contribution is -2.02. The summed E-state index contributed by atoms with van der Waals surface area (Å²) in [6.45, 7) is 2.57. The van der Waals surface area contributed by atoms with Gasteiger partial charge < -0.3 is 5.32 Å². The van der Waals surface area contributed by atoms with Gasteiger partial charge in [0.25, 0.3) is 0 Å². The first-order valence-electron chi connectivity index (χ1n) is 5.79. The monoisotopic (exact) mass is 334 g/mol. The van der Waals surface area contributed by atoms with Crippen LogP contribution in [0.4, 0.5) is 5.69 Å². The Balaban J connectivity index is 2.20. The normalized spacial score (nSPS) is 10.0. The molecule has 0 saturated carbocycles. The van der Waals surface area contributed by atoms with Crippen molar-refractivity contribution in [2.24, 2.45) is 0 Å². The summed E-state index contributed by atoms with van der Waals surface area (Å²) in [5, 5.41) is 13.2. The van der Waals surface area contributed by atoms with E-state index >= 15 is 0 Å². The number of hydrogen-bond acceptors (Lipinski definition) is 2. The van der Waals surface area contributed by atoms with Gasteiger partial charge in [0.1, 0.15) is 6.07 Å². The Morgan fingerprint density at radius 1 is 1.32 bits per heavy atom. The molecular formula is C15H12BrClN2. The van der Waals surface area contributed by atoms with Crippen LogP contribution in [0.25, 0.3) is 0 Å². The highest BCUT2D eigenvalue weighted by molar-refractivity contribution is 9.10. The standard InChI is InChI=1S/C15H12BrClN2/c1-10-3-2-4-15(13(10)8-18)19-9-11-5-6-12(17)7-14(11)16/h2-7,19H,9H2,1H3. The maximum Gasteiger partial charge on any atom is 0.102 e. The predicted molar refractivity (Wildman–Crippen MR) is 82.4 cm³/mol. The zero-order chi connectivity index (χ0) is 13.8. The highest BCUT2D eigenvalue weighted by Gasteiger charge is 2.06. The first kappa shape index (κ1) is 13.9. The molecule has 0 bridgehead atoms. The predicted octanol–water partition coefficient (Wildman–Crippen LogP) is 4.89. The van der Waals surface area contributed by atoms with Gasteiger partial charge in [-0.3, -0.25) is 0 Å². The minimum absolute atomic E-state index is 0.635. The molecule has 2 rings (SSSR count). The number of aryl methyl sites for hydroxylation is 1. The summed E-state index contributed by atoms with van der Waals surface area (Å²) in [5.41, 5.74) is 3.61. The molecule has 4 heteroatoms. The number of hydrogen-bond donors (Lipinski definition) is 1. The lowest BCUT2D eigenvalue weighted by molar-refractivity contribution is 1.13. The Morgan fingerprint density at radius 2 is 2.11 bits per heavy atom. The molecule has 0 fully saturated rings. The zero-order valence-electron chi connectivity index (χ0n) is 10.4. The summed E-state index contributed by atoms with van der Waals surface area (Å²) in [7, 11) is 0. The van der Waals surface area contributed by atoms with Crippen molar-refractivity contribution in [1.82, 2.24) is 0 Å². The number of nitrogens with one attached hydrogen (secondary N) is 1. The van der Waals surface area contributed by atoms with Gasteiger partial charge in [0.15, 0.2) is 0 Å². The van der Waals surface area contributed by atoms with E-state index in [2.05, 4.69) is 27.3 Å². The van der Waals surface area contributed by atoms with Gasteiger partial charge in [-0.15, -0.1) is 0 Å². The summed E-state index contributed by atoms with van der Waals surface area (Å²) in [6, 6.07) is 13.7. The molecule has 0 unspecified atom stereocenters. The maximum absolute atomic E-state index is 9.17. The Hall–Kier alpha value is -1.50. The topological polar surface area (TPSA) is 35.8 Å². The second-order valence-electron chi connectivity index (χ2n) is 4.20. The fourth-order valence-electron chi connectivity index (χ4n) is 1.82. The van der Waals surface area contributed by atoms with E-state index in [9.17, 15) is 5.26 Å². The van der Waals surface area contributed by atoms with E-state index in [-0.39, 0.29) is 0 Å². The average molecular weight is 336 g/mol. The number of halogens is 2. The molecular weight excluding hydrogens is 324 g/mol. The second kappa shape index (κ2) is 6.10. The van der Waals surface area contributed by atoms with Crippen LogP contribution in [-0.2, 0) is 6.54 Å². The van der Waals surface area contributed by atoms with Crippen LogP contribution in [0.5, 0.6) is 0 Å². The van der Waals surface area contributed by atoms with Crippen molar-refractivity contribution in [1.29, 1.82) is 5.26 Å². The van der Waals surface area contributed by atoms with E-state index in [0.717, 1.165) is 21.3 Å². The van der Waals surface area contributed by atoms with Crippen LogP contribution in [0.2, 0.25) is 5.02 Å². The SMILES string of the molecule is Cc1cccc(NCc2ccc(Cl)cc2Br)c1C#N. The van der Waals surface area contributed by atoms with Crippen molar-refractivity contribution in [2.75, 3.05) is 5.32 Å². The number of benzene rings is 2. The molecule has 0 aliphatic rings. The van der Waals surface area contributed by atoms with E-state index in [1.54, 1.807) is 0 Å². The van der Waals surface area contributed by atoms with Crippen molar-refractivity contribution in [3.63, 3.8) is 0 Å². The first-order chi connectivity index (χ1) is 9.11. The maximum atomic E-state index is 9.17. The molecule has 19 heavy (non-hydrogen) atoms. The van der Waals surface area contributed by atoms with Gasteiger partial charge >= 0.3 is 0 Å². The van der Waals surface area contributed by atoms with Crippen LogP contribution < -0.4 is 5.32 Å². The van der Waals surface area contributed by atoms with Crippen molar-refractivity contribution in [3.8, 4) is 6.07 Å². The third-order valence-corrected chi connectivity index (χ3v) is 3.84. The zero-order valence-corrected chi connectivity index (χ0v) is 12.7. The van der Waals surface area contributed by atoms with E-state index in [1.165, 1.54) is 0 Å². The molecule has 0 spiro atoms. The first-order valence-corrected chi connectivity index (χ1v) is 6.96. The average Bonchev–Trinajstić information content (AvgIpc) is 2.38. The van der Waals surface area contributed by atoms with Gasteiger partial charge in [0, 0.05) is 16.0 Å². The summed E-state index contributed by atoms with van der Waals surface area (Å²) >= 11 is 9.39. The molecule has 1 N–H and O–H groups in total. The van der Waals surface area contributed by atoms with Crippen LogP contribution in [0.3, 0.4) is 0 Å². The highest BCUT2D eigenvalue weighted by Crippen LogP contribution is 2.24. The molecule has 2 aromatic carbocycles. The highest BCUT2D eigenvalue weighted by atomic mass is 79.9. The van der Waals surface area contributed by atoms with E-state index in [0.29, 0.717) is 17.1 Å². The van der Waals surface area contributed by atoms with E-state index in [1.807, 2.05) is 43.3 Å². The third kappa shape index (κ3) is 3.28. The van der Waals surface area contributed by atoms with Gasteiger partial charge in [-0.2, -0.15) is 5.26 Å². The fourth-order valence-corrected chi connectivity index (χ4v) is 2.64. The molecule has 0 amide bonds. The molecule has 0 aliphatic carbocycles. The fraction of sp³-hybridized carbons (Fsp3) is 0.133. The van der Waals surface area contributed by atoms with Crippen LogP contribution in [-0.4, -0.2) is 0 Å². The molecule has 0 aliphatic heterocycles. The minimum atomic E-state index is 0.635. The van der Waals surface area contributed by atoms with Gasteiger partial charge in [-0.25, -0.2) is 0 Å². The second-order valence-corrected chi connectivity index (χ2v) is 5.49. The summed E-state index contributed by atoms with van der Waals surface area (Å²) in [5.74, 6) is 0. The number of nitrogens with zero attached hydrogens (tertiary/aromatic N) is 1. The van der Waals surface area contributed by atoms with E-state index < -0.39 is 0 Å². The van der Waals surface area contributed by atoms with Gasteiger partial charge in [0.2, 0.25) is 0 Å². The molecule has 0 atom stereocenters. The van der Waals surface area contributed by atoms with Crippen molar-refractivity contribution in [3.05, 3.63) is 62.6 Å². The number of rotatable bonds is 3. The molecule has 0 heterocycles. The molecule has 96 valence electrons. The van der Waals surface area contributed by atoms with E-state index in [4.69, 9.17) is 11.6 Å². The van der Waals surface area contributed by atoms with Gasteiger partial charge in [-0.1, -0.05) is 45.7 Å². The molecule has 2 nitrogen and oxygen atoms in total. The molecule has 0 radical (unpaired) electrons. The molecule has 0 aromatic heterocycles. The third-order valence-electron chi connectivity index (χ3n) is 2.87. The Morgan fingerprint density at radius 3 is 2.79 bits per heavy atom. The summed E-state index contributed by atoms with van der Waals surface area (Å²) in [4.78, 5) is 0. The Kier molecular flexibility index (Phi) is 4.47.